The molecule has 0 aliphatic carbocycles. The van der Waals surface area contributed by atoms with Crippen molar-refractivity contribution in [1.82, 2.24) is 4.90 Å². The average Bonchev–Trinajstić information content (AvgIpc) is 3.48. The van der Waals surface area contributed by atoms with E-state index in [0.717, 1.165) is 5.69 Å². The summed E-state index contributed by atoms with van der Waals surface area (Å²) < 4.78 is 22.4. The first-order chi connectivity index (χ1) is 19.2. The molecule has 1 spiro atoms. The summed E-state index contributed by atoms with van der Waals surface area (Å²) in [5.74, 6) is -1.88. The van der Waals surface area contributed by atoms with E-state index in [-0.39, 0.29) is 24.0 Å². The van der Waals surface area contributed by atoms with Crippen LogP contribution in [0.15, 0.2) is 36.1 Å². The van der Waals surface area contributed by atoms with Crippen LogP contribution in [-0.2, 0) is 23.7 Å². The lowest BCUT2D eigenvalue weighted by atomic mass is 9.68. The zero-order valence-corrected chi connectivity index (χ0v) is 21.8. The molecule has 1 aromatic carbocycles. The van der Waals surface area contributed by atoms with Crippen molar-refractivity contribution in [2.45, 2.75) is 67.5 Å². The maximum Gasteiger partial charge on any atom is 0.337 e. The van der Waals surface area contributed by atoms with E-state index in [1.165, 1.54) is 13.4 Å². The van der Waals surface area contributed by atoms with E-state index in [2.05, 4.69) is 5.32 Å². The van der Waals surface area contributed by atoms with Crippen LogP contribution >= 0.6 is 0 Å². The molecular weight excluding hydrogens is 528 g/mol. The monoisotopic (exact) mass is 562 g/mol. The number of Topliss-reactive ketones (excluding diaryl/α,β-unsaturated/α-hetero) is 1. The van der Waals surface area contributed by atoms with Gasteiger partial charge in [-0.3, -0.25) is 9.69 Å². The summed E-state index contributed by atoms with van der Waals surface area (Å²) in [5, 5.41) is 54.7. The summed E-state index contributed by atoms with van der Waals surface area (Å²) in [6.45, 7) is -0.494. The number of methoxy groups -OCH3 is 1. The van der Waals surface area contributed by atoms with Gasteiger partial charge in [-0.05, 0) is 25.0 Å². The number of nitrogens with one attached hydrogen (secondary N) is 1. The normalized spacial score (nSPS) is 42.4. The maximum atomic E-state index is 13.8. The van der Waals surface area contributed by atoms with Crippen molar-refractivity contribution < 1.29 is 54.1 Å². The Hall–Kier alpha value is -2.62. The van der Waals surface area contributed by atoms with Gasteiger partial charge in [-0.25, -0.2) is 4.79 Å². The second-order valence-electron chi connectivity index (χ2n) is 11.0. The largest absolute Gasteiger partial charge is 0.471 e. The number of aliphatic hydroxyl groups excluding tert-OH is 5. The first-order valence-corrected chi connectivity index (χ1v) is 13.4. The number of benzene rings is 1. The van der Waals surface area contributed by atoms with Crippen LogP contribution in [0.2, 0.25) is 0 Å². The number of rotatable bonds is 5. The highest BCUT2D eigenvalue weighted by atomic mass is 16.8. The van der Waals surface area contributed by atoms with Gasteiger partial charge in [0.15, 0.2) is 12.1 Å². The van der Waals surface area contributed by atoms with Gasteiger partial charge in [-0.2, -0.15) is 0 Å². The van der Waals surface area contributed by atoms with E-state index in [9.17, 15) is 35.1 Å². The van der Waals surface area contributed by atoms with Crippen molar-refractivity contribution in [3.63, 3.8) is 0 Å². The number of hydrogen-bond donors (Lipinski definition) is 6. The molecule has 13 heteroatoms. The van der Waals surface area contributed by atoms with Crippen molar-refractivity contribution in [2.24, 2.45) is 11.8 Å². The maximum absolute atomic E-state index is 13.8. The fourth-order valence-corrected chi connectivity index (χ4v) is 7.27. The molecule has 40 heavy (non-hydrogen) atoms. The minimum absolute atomic E-state index is 0.0319. The molecule has 5 aliphatic heterocycles. The summed E-state index contributed by atoms with van der Waals surface area (Å²) in [4.78, 5) is 28.7. The lowest BCUT2D eigenvalue weighted by molar-refractivity contribution is -0.346. The molecule has 0 unspecified atom stereocenters. The second-order valence-corrected chi connectivity index (χ2v) is 11.0. The van der Waals surface area contributed by atoms with Crippen molar-refractivity contribution in [1.29, 1.82) is 0 Å². The van der Waals surface area contributed by atoms with E-state index in [1.54, 1.807) is 6.07 Å². The molecule has 1 aromatic rings. The molecule has 0 aromatic heterocycles. The number of nitrogens with zero attached hydrogens (tertiary/aromatic N) is 1. The number of ether oxygens (including phenoxy) is 4. The number of carbonyl (C=O) groups excluding carboxylic acids is 2. The number of fused-ring (bicyclic) bond motifs is 4. The van der Waals surface area contributed by atoms with Crippen LogP contribution in [0, 0.1) is 11.8 Å². The molecule has 13 nitrogen and oxygen atoms in total. The van der Waals surface area contributed by atoms with Crippen molar-refractivity contribution in [2.75, 3.05) is 32.2 Å². The van der Waals surface area contributed by atoms with Gasteiger partial charge in [0, 0.05) is 41.7 Å². The van der Waals surface area contributed by atoms with E-state index in [0.29, 0.717) is 24.9 Å². The molecule has 6 N–H and O–H groups in total. The zero-order chi connectivity index (χ0) is 28.3. The first-order valence-electron chi connectivity index (χ1n) is 13.4. The van der Waals surface area contributed by atoms with Crippen LogP contribution in [0.3, 0.4) is 0 Å². The topological polar surface area (TPSA) is 187 Å². The molecule has 3 saturated heterocycles. The third-order valence-electron chi connectivity index (χ3n) is 9.25. The Bertz CT molecular complexity index is 1190. The van der Waals surface area contributed by atoms with Crippen LogP contribution in [0.4, 0.5) is 5.69 Å². The predicted molar refractivity (Wildman–Crippen MR) is 135 cm³/mol. The highest BCUT2D eigenvalue weighted by Crippen LogP contribution is 2.52. The van der Waals surface area contributed by atoms with E-state index >= 15 is 0 Å². The van der Waals surface area contributed by atoms with Crippen LogP contribution in [0.25, 0.3) is 0 Å². The van der Waals surface area contributed by atoms with Gasteiger partial charge in [0.1, 0.15) is 30.0 Å². The molecule has 5 aliphatic rings. The number of esters is 1. The lowest BCUT2D eigenvalue weighted by Gasteiger charge is -2.53. The van der Waals surface area contributed by atoms with Crippen molar-refractivity contribution >= 4 is 17.4 Å². The van der Waals surface area contributed by atoms with E-state index in [4.69, 9.17) is 18.9 Å². The number of hydrogen-bond acceptors (Lipinski definition) is 13. The number of piperidine rings is 1. The van der Waals surface area contributed by atoms with Crippen molar-refractivity contribution in [3.8, 4) is 0 Å². The number of ketones is 1. The third-order valence-corrected chi connectivity index (χ3v) is 9.25. The van der Waals surface area contributed by atoms with Crippen LogP contribution in [0.1, 0.15) is 23.2 Å². The van der Waals surface area contributed by atoms with Gasteiger partial charge in [-0.15, -0.1) is 0 Å². The van der Waals surface area contributed by atoms with Crippen molar-refractivity contribution in [3.05, 3.63) is 41.7 Å². The zero-order valence-electron chi connectivity index (χ0n) is 21.8. The summed E-state index contributed by atoms with van der Waals surface area (Å²) >= 11 is 0. The Balaban J connectivity index is 1.33. The number of anilines is 1. The lowest BCUT2D eigenvalue weighted by Crippen LogP contribution is -2.65. The summed E-state index contributed by atoms with van der Waals surface area (Å²) in [6.07, 6.45) is -6.65. The van der Waals surface area contributed by atoms with E-state index < -0.39 is 73.0 Å². The SMILES string of the molecule is COC(=O)C1=CO[C@@H](O[C@@H]2O[C@H](CO)[C@@H](O)[C@H](O)[C@H]2O)[C@H]2[C@@H]1C[C@@H]1N(CC[C@@]13Nc1ccccc1C3=O)[C@H]2CO. The highest BCUT2D eigenvalue weighted by Gasteiger charge is 2.63. The van der Waals surface area contributed by atoms with Gasteiger partial charge in [0.05, 0.1) is 32.2 Å². The highest BCUT2D eigenvalue weighted by molar-refractivity contribution is 6.14. The summed E-state index contributed by atoms with van der Waals surface area (Å²) in [6, 6.07) is 6.33. The Morgan fingerprint density at radius 1 is 1.12 bits per heavy atom. The molecule has 6 rings (SSSR count). The Morgan fingerprint density at radius 2 is 1.90 bits per heavy atom. The molecule has 3 fully saturated rings. The molecule has 5 heterocycles. The van der Waals surface area contributed by atoms with Gasteiger partial charge < -0.3 is 49.8 Å². The molecule has 218 valence electrons. The molecule has 11 atom stereocenters. The molecule has 0 radical (unpaired) electrons. The fraction of sp³-hybridized carbons (Fsp3) is 0.630. The minimum atomic E-state index is -1.66. The van der Waals surface area contributed by atoms with Crippen LogP contribution in [0.5, 0.6) is 0 Å². The van der Waals surface area contributed by atoms with Gasteiger partial charge in [-0.1, -0.05) is 12.1 Å². The summed E-state index contributed by atoms with van der Waals surface area (Å²) in [5.41, 5.74) is 0.641. The van der Waals surface area contributed by atoms with Gasteiger partial charge in [0.2, 0.25) is 6.29 Å². The Kier molecular flexibility index (Phi) is 7.12. The van der Waals surface area contributed by atoms with Crippen LogP contribution in [-0.4, -0.2) is 124 Å². The number of aliphatic hydroxyl groups is 5. The van der Waals surface area contributed by atoms with E-state index in [1.807, 2.05) is 23.1 Å². The first kappa shape index (κ1) is 27.5. The third kappa shape index (κ3) is 3.99. The standard InChI is InChI=1S/C27H34N2O11/c1-37-24(36)14-11-38-25(40-26-22(34)21(33)20(32)17(10-31)39-26)19-13(14)8-18-27(6-7-29(18)16(19)9-30)23(35)12-4-2-3-5-15(12)28-27/h2-5,11,13,16-22,25-26,28,30-34H,6-10H2,1H3/t13-,16+,17-,18+,19+,20-,21+,22-,25+,26+,27-/m1/s1. The fourth-order valence-electron chi connectivity index (χ4n) is 7.27. The minimum Gasteiger partial charge on any atom is -0.471 e. The Morgan fingerprint density at radius 3 is 2.60 bits per heavy atom. The Labute approximate surface area is 229 Å². The van der Waals surface area contributed by atoms with Gasteiger partial charge >= 0.3 is 5.97 Å². The molecule has 0 bridgehead atoms. The summed E-state index contributed by atoms with van der Waals surface area (Å²) in [7, 11) is 1.25. The second kappa shape index (κ2) is 10.3. The average molecular weight is 563 g/mol. The molecular formula is C27H34N2O11. The smallest absolute Gasteiger partial charge is 0.337 e. The van der Waals surface area contributed by atoms with Crippen LogP contribution < -0.4 is 5.32 Å². The molecule has 0 saturated carbocycles. The van der Waals surface area contributed by atoms with Gasteiger partial charge in [0.25, 0.3) is 0 Å². The number of para-hydroxylation sites is 1. The number of carbonyl (C=O) groups is 2. The predicted octanol–water partition coefficient (Wildman–Crippen LogP) is -1.67. The molecule has 0 amide bonds. The quantitative estimate of drug-likeness (QED) is 0.224.